The summed E-state index contributed by atoms with van der Waals surface area (Å²) in [5.41, 5.74) is 2.98. The molecule has 0 unspecified atom stereocenters. The molecule has 4 aromatic rings. The molecular weight excluding hydrogens is 320 g/mol. The van der Waals surface area contributed by atoms with Crippen LogP contribution in [0, 0.1) is 0 Å². The molecule has 0 radical (unpaired) electrons. The van der Waals surface area contributed by atoms with Crippen molar-refractivity contribution < 1.29 is 0 Å². The normalized spacial score (nSPS) is 11.0. The molecule has 4 rings (SSSR count). The van der Waals surface area contributed by atoms with Crippen LogP contribution in [0.25, 0.3) is 16.2 Å². The van der Waals surface area contributed by atoms with Crippen LogP contribution in [-0.4, -0.2) is 38.2 Å². The monoisotopic (exact) mass is 336 g/mol. The van der Waals surface area contributed by atoms with Crippen LogP contribution in [0.5, 0.6) is 0 Å². The Labute approximate surface area is 143 Å². The van der Waals surface area contributed by atoms with Gasteiger partial charge in [-0.1, -0.05) is 17.4 Å². The molecule has 4 heterocycles. The predicted molar refractivity (Wildman–Crippen MR) is 95.3 cm³/mol. The number of rotatable bonds is 5. The molecule has 0 N–H and O–H groups in total. The summed E-state index contributed by atoms with van der Waals surface area (Å²) in [5.74, 6) is 0. The van der Waals surface area contributed by atoms with E-state index in [1.54, 1.807) is 17.5 Å². The minimum absolute atomic E-state index is 0.864. The van der Waals surface area contributed by atoms with Gasteiger partial charge in [-0.2, -0.15) is 0 Å². The van der Waals surface area contributed by atoms with Gasteiger partial charge in [-0.05, 0) is 24.3 Å². The summed E-state index contributed by atoms with van der Waals surface area (Å²) in [4.78, 5) is 16.2. The average Bonchev–Trinajstić information content (AvgIpc) is 3.20. The van der Waals surface area contributed by atoms with Crippen molar-refractivity contribution in [1.82, 2.24) is 24.6 Å². The highest BCUT2D eigenvalue weighted by Gasteiger charge is 2.12. The van der Waals surface area contributed by atoms with E-state index in [9.17, 15) is 0 Å². The summed E-state index contributed by atoms with van der Waals surface area (Å²) in [6, 6.07) is 9.90. The van der Waals surface area contributed by atoms with E-state index in [0.717, 1.165) is 40.0 Å². The van der Waals surface area contributed by atoms with Crippen LogP contribution in [-0.2, 0) is 6.42 Å². The van der Waals surface area contributed by atoms with Gasteiger partial charge >= 0.3 is 0 Å². The summed E-state index contributed by atoms with van der Waals surface area (Å²) in [6.07, 6.45) is 8.23. The van der Waals surface area contributed by atoms with E-state index in [4.69, 9.17) is 0 Å². The Morgan fingerprint density at radius 3 is 2.88 bits per heavy atom. The number of anilines is 1. The van der Waals surface area contributed by atoms with Crippen molar-refractivity contribution in [2.24, 2.45) is 0 Å². The van der Waals surface area contributed by atoms with E-state index < -0.39 is 0 Å². The Balaban J connectivity index is 1.50. The Bertz CT molecular complexity index is 900. The number of pyridine rings is 2. The van der Waals surface area contributed by atoms with Gasteiger partial charge in [0, 0.05) is 49.9 Å². The summed E-state index contributed by atoms with van der Waals surface area (Å²) >= 11 is 1.58. The second kappa shape index (κ2) is 6.37. The largest absolute Gasteiger partial charge is 0.349 e. The zero-order valence-corrected chi connectivity index (χ0v) is 14.0. The van der Waals surface area contributed by atoms with Crippen LogP contribution in [0.3, 0.4) is 0 Å². The van der Waals surface area contributed by atoms with E-state index in [1.807, 2.05) is 60.5 Å². The van der Waals surface area contributed by atoms with E-state index in [2.05, 4.69) is 25.0 Å². The molecule has 0 saturated carbocycles. The first-order chi connectivity index (χ1) is 11.8. The highest BCUT2D eigenvalue weighted by Crippen LogP contribution is 2.25. The molecule has 0 fully saturated rings. The van der Waals surface area contributed by atoms with Gasteiger partial charge in [-0.15, -0.1) is 5.10 Å². The van der Waals surface area contributed by atoms with Crippen molar-refractivity contribution in [2.45, 2.75) is 6.42 Å². The van der Waals surface area contributed by atoms with Crippen molar-refractivity contribution in [3.63, 3.8) is 0 Å². The smallest absolute Gasteiger partial charge is 0.214 e. The number of imidazole rings is 1. The zero-order chi connectivity index (χ0) is 16.4. The fourth-order valence-corrected chi connectivity index (χ4v) is 3.29. The number of hydrogen-bond donors (Lipinski definition) is 0. The zero-order valence-electron chi connectivity index (χ0n) is 13.2. The number of aromatic nitrogens is 5. The second-order valence-electron chi connectivity index (χ2n) is 5.47. The third kappa shape index (κ3) is 2.98. The summed E-state index contributed by atoms with van der Waals surface area (Å²) in [6.45, 7) is 0.864. The second-order valence-corrected chi connectivity index (χ2v) is 6.41. The lowest BCUT2D eigenvalue weighted by molar-refractivity contribution is 0.829. The van der Waals surface area contributed by atoms with Gasteiger partial charge in [0.1, 0.15) is 0 Å². The van der Waals surface area contributed by atoms with E-state index in [0.29, 0.717) is 0 Å². The topological polar surface area (TPSA) is 59.2 Å². The quantitative estimate of drug-likeness (QED) is 0.561. The molecule has 0 bridgehead atoms. The first-order valence-corrected chi connectivity index (χ1v) is 8.49. The van der Waals surface area contributed by atoms with E-state index in [-0.39, 0.29) is 0 Å². The predicted octanol–water partition coefficient (Wildman–Crippen LogP) is 2.93. The van der Waals surface area contributed by atoms with Crippen molar-refractivity contribution in [3.8, 4) is 11.3 Å². The van der Waals surface area contributed by atoms with Gasteiger partial charge in [-0.25, -0.2) is 9.50 Å². The van der Waals surface area contributed by atoms with Crippen molar-refractivity contribution >= 4 is 21.4 Å². The number of nitrogens with zero attached hydrogens (tertiary/aromatic N) is 6. The molecule has 0 saturated heterocycles. The molecule has 6 nitrogen and oxygen atoms in total. The van der Waals surface area contributed by atoms with Crippen LogP contribution in [0.1, 0.15) is 5.69 Å². The average molecular weight is 336 g/mol. The molecule has 120 valence electrons. The molecule has 0 aliphatic heterocycles. The number of fused-ring (bicyclic) bond motifs is 1. The minimum Gasteiger partial charge on any atom is -0.349 e. The van der Waals surface area contributed by atoms with E-state index >= 15 is 0 Å². The molecule has 0 amide bonds. The Morgan fingerprint density at radius 1 is 1.17 bits per heavy atom. The van der Waals surface area contributed by atoms with Crippen LogP contribution in [0.4, 0.5) is 5.13 Å². The Kier molecular flexibility index (Phi) is 3.92. The third-order valence-corrected chi connectivity index (χ3v) is 4.78. The van der Waals surface area contributed by atoms with Crippen LogP contribution in [0.2, 0.25) is 0 Å². The SMILES string of the molecule is CN(CCc1ccccn1)c1nn2cc(-c3cccnc3)nc2s1. The molecule has 24 heavy (non-hydrogen) atoms. The lowest BCUT2D eigenvalue weighted by atomic mass is 10.2. The van der Waals surface area contributed by atoms with Gasteiger partial charge < -0.3 is 4.90 Å². The van der Waals surface area contributed by atoms with E-state index in [1.165, 1.54) is 0 Å². The fraction of sp³-hybridized carbons (Fsp3) is 0.176. The van der Waals surface area contributed by atoms with Crippen LogP contribution < -0.4 is 4.90 Å². The van der Waals surface area contributed by atoms with Gasteiger partial charge in [0.15, 0.2) is 0 Å². The molecule has 0 spiro atoms. The number of hydrogen-bond acceptors (Lipinski definition) is 6. The molecule has 0 aliphatic rings. The fourth-order valence-electron chi connectivity index (χ4n) is 2.42. The number of likely N-dealkylation sites (N-methyl/N-ethyl adjacent to an activating group) is 1. The highest BCUT2D eigenvalue weighted by atomic mass is 32.1. The third-order valence-electron chi connectivity index (χ3n) is 3.75. The molecule has 7 heteroatoms. The van der Waals surface area contributed by atoms with Crippen LogP contribution >= 0.6 is 11.3 Å². The highest BCUT2D eigenvalue weighted by molar-refractivity contribution is 7.20. The summed E-state index contributed by atoms with van der Waals surface area (Å²) in [5, 5.41) is 5.58. The Morgan fingerprint density at radius 2 is 2.12 bits per heavy atom. The molecule has 4 aromatic heterocycles. The van der Waals surface area contributed by atoms with Gasteiger partial charge in [0.2, 0.25) is 10.1 Å². The van der Waals surface area contributed by atoms with Crippen molar-refractivity contribution in [3.05, 3.63) is 60.8 Å². The maximum Gasteiger partial charge on any atom is 0.214 e. The standard InChI is InChI=1S/C17H16N6S/c1-22(10-7-14-6-2-3-9-19-14)17-21-23-12-15(20-16(23)24-17)13-5-4-8-18-11-13/h2-6,8-9,11-12H,7,10H2,1H3. The lowest BCUT2D eigenvalue weighted by Crippen LogP contribution is -2.20. The van der Waals surface area contributed by atoms with Gasteiger partial charge in [0.05, 0.1) is 11.9 Å². The van der Waals surface area contributed by atoms with Gasteiger partial charge in [0.25, 0.3) is 0 Å². The van der Waals surface area contributed by atoms with Crippen molar-refractivity contribution in [2.75, 3.05) is 18.5 Å². The Hall–Kier alpha value is -2.80. The first kappa shape index (κ1) is 14.8. The summed E-state index contributed by atoms with van der Waals surface area (Å²) in [7, 11) is 2.04. The summed E-state index contributed by atoms with van der Waals surface area (Å²) < 4.78 is 1.83. The molecule has 0 aromatic carbocycles. The molecule has 0 atom stereocenters. The maximum absolute atomic E-state index is 4.64. The first-order valence-electron chi connectivity index (χ1n) is 7.67. The lowest BCUT2D eigenvalue weighted by Gasteiger charge is -2.14. The maximum atomic E-state index is 4.64. The minimum atomic E-state index is 0.864. The molecule has 0 aliphatic carbocycles. The van der Waals surface area contributed by atoms with Crippen molar-refractivity contribution in [1.29, 1.82) is 0 Å². The van der Waals surface area contributed by atoms with Gasteiger partial charge in [-0.3, -0.25) is 9.97 Å². The molecular formula is C17H16N6S. The van der Waals surface area contributed by atoms with Crippen LogP contribution in [0.15, 0.2) is 55.1 Å².